The van der Waals surface area contributed by atoms with Gasteiger partial charge in [-0.15, -0.1) is 0 Å². The summed E-state index contributed by atoms with van der Waals surface area (Å²) in [6.07, 6.45) is 4.04. The van der Waals surface area contributed by atoms with Gasteiger partial charge in [0.15, 0.2) is 0 Å². The van der Waals surface area contributed by atoms with E-state index < -0.39 is 77.8 Å². The van der Waals surface area contributed by atoms with Crippen LogP contribution in [0.2, 0.25) is 0 Å². The maximum Gasteiger partial charge on any atom is 0.326 e. The van der Waals surface area contributed by atoms with E-state index in [1.807, 2.05) is 41.5 Å². The van der Waals surface area contributed by atoms with Gasteiger partial charge in [-0.3, -0.25) is 38.5 Å². The van der Waals surface area contributed by atoms with Crippen LogP contribution in [0.1, 0.15) is 105 Å². The van der Waals surface area contributed by atoms with E-state index in [1.165, 1.54) is 49.5 Å². The van der Waals surface area contributed by atoms with Gasteiger partial charge in [0.2, 0.25) is 29.5 Å². The number of likely N-dealkylation sites (tertiary alicyclic amines) is 1. The molecule has 2 aliphatic rings. The van der Waals surface area contributed by atoms with Crippen LogP contribution < -0.4 is 10.6 Å². The molecule has 1 aromatic rings. The van der Waals surface area contributed by atoms with Gasteiger partial charge in [-0.2, -0.15) is 0 Å². The number of carboxylic acids is 1. The van der Waals surface area contributed by atoms with Crippen molar-refractivity contribution in [1.29, 1.82) is 0 Å². The Kier molecular flexibility index (Phi) is 22.1. The predicted molar refractivity (Wildman–Crippen MR) is 248 cm³/mol. The van der Waals surface area contributed by atoms with Crippen molar-refractivity contribution in [3.63, 3.8) is 0 Å². The van der Waals surface area contributed by atoms with E-state index in [4.69, 9.17) is 9.47 Å². The first-order valence-corrected chi connectivity index (χ1v) is 23.6. The number of imide groups is 1. The molecule has 3 N–H and O–H groups in total. The summed E-state index contributed by atoms with van der Waals surface area (Å²) in [6.45, 7) is 13.4. The number of unbranched alkanes of at least 4 members (excludes halogenated alkanes) is 2. The Bertz CT molecular complexity index is 1910. The summed E-state index contributed by atoms with van der Waals surface area (Å²) < 4.78 is 26.3. The van der Waals surface area contributed by atoms with Crippen molar-refractivity contribution in [2.24, 2.45) is 23.7 Å². The number of nitrogens with zero attached hydrogens (tertiary/aromatic N) is 4. The fourth-order valence-electron chi connectivity index (χ4n) is 9.30. The molecule has 17 nitrogen and oxygen atoms in total. The molecular weight excluding hydrogens is 868 g/mol. The number of hydrogen-bond acceptors (Lipinski definition) is 10. The van der Waals surface area contributed by atoms with Crippen LogP contribution >= 0.6 is 0 Å². The summed E-state index contributed by atoms with van der Waals surface area (Å²) in [6, 6.07) is 1.32. The highest BCUT2D eigenvalue weighted by atomic mass is 19.1. The second-order valence-electron chi connectivity index (χ2n) is 18.7. The van der Waals surface area contributed by atoms with Gasteiger partial charge in [-0.25, -0.2) is 9.18 Å². The topological polar surface area (TPSA) is 212 Å². The third kappa shape index (κ3) is 14.9. The molecule has 0 saturated carbocycles. The molecule has 1 aromatic carbocycles. The van der Waals surface area contributed by atoms with Crippen molar-refractivity contribution >= 4 is 47.3 Å². The number of aliphatic carboxylic acids is 1. The van der Waals surface area contributed by atoms with Crippen LogP contribution in [0.3, 0.4) is 0 Å². The molecule has 5 unspecified atom stereocenters. The van der Waals surface area contributed by atoms with Gasteiger partial charge in [0, 0.05) is 66.4 Å². The highest BCUT2D eigenvalue weighted by molar-refractivity contribution is 6.12. The minimum atomic E-state index is -1.41. The molecule has 0 spiro atoms. The summed E-state index contributed by atoms with van der Waals surface area (Å²) in [5.41, 5.74) is 0.142. The molecule has 0 bridgehead atoms. The zero-order valence-electron chi connectivity index (χ0n) is 41.3. The van der Waals surface area contributed by atoms with Crippen LogP contribution in [0.5, 0.6) is 0 Å². The summed E-state index contributed by atoms with van der Waals surface area (Å²) in [4.78, 5) is 111. The zero-order valence-corrected chi connectivity index (χ0v) is 41.3. The summed E-state index contributed by atoms with van der Waals surface area (Å²) in [5, 5.41) is 15.4. The fraction of sp³-hybridized carbons (Fsp3) is 0.673. The SMILES string of the molecule is CCC(C)C(C(CC(=O)N1CCC[C@H]1C(OC)[C@@H](C)C(=O)N[C@@H](Cc1ccccc1F)C(=O)O)OC)N(C)C(=O)[C@@H](NC(=O)C(C(C)C)N(C)C(=O)CCCCCN1C(=O)C=CC1=O)C(C)C. The molecule has 18 heteroatoms. The van der Waals surface area contributed by atoms with Gasteiger partial charge in [0.05, 0.1) is 36.6 Å². The number of amides is 7. The summed E-state index contributed by atoms with van der Waals surface area (Å²) >= 11 is 0. The first-order valence-electron chi connectivity index (χ1n) is 23.6. The van der Waals surface area contributed by atoms with Crippen LogP contribution in [0, 0.1) is 29.5 Å². The molecule has 9 atom stereocenters. The molecule has 67 heavy (non-hydrogen) atoms. The van der Waals surface area contributed by atoms with Gasteiger partial charge in [0.25, 0.3) is 11.8 Å². The van der Waals surface area contributed by atoms with Gasteiger partial charge >= 0.3 is 5.97 Å². The standard InChI is InChI=1S/C49H75FN6O11/c1-12-31(6)44(54(9)48(63)42(29(2)3)52-47(62)43(30(4)5)53(8)38(57)22-14-13-17-25-56-39(58)23-24-40(56)59)37(66-10)28-41(60)55-26-18-21-36(55)45(67-11)32(7)46(61)51-35(49(64)65)27-33-19-15-16-20-34(33)50/h15-16,19-20,23-24,29-32,35-37,42-45H,12-14,17-18,21-22,25-28H2,1-11H3,(H,51,61)(H,52,62)(H,64,65)/t31?,32-,35+,36+,37?,42+,43?,44?,45?/m1/s1. The monoisotopic (exact) mass is 943 g/mol. The Morgan fingerprint density at radius 2 is 1.51 bits per heavy atom. The van der Waals surface area contributed by atoms with Crippen molar-refractivity contribution in [2.75, 3.05) is 41.4 Å². The fourth-order valence-corrected chi connectivity index (χ4v) is 9.30. The number of carbonyl (C=O) groups excluding carboxylic acids is 7. The van der Waals surface area contributed by atoms with Crippen LogP contribution in [-0.4, -0.2) is 156 Å². The zero-order chi connectivity index (χ0) is 50.3. The summed E-state index contributed by atoms with van der Waals surface area (Å²) in [5.74, 6) is -6.36. The lowest BCUT2D eigenvalue weighted by atomic mass is 9.89. The minimum absolute atomic E-state index is 0.118. The quantitative estimate of drug-likeness (QED) is 0.0849. The number of nitrogens with one attached hydrogen (secondary N) is 2. The second kappa shape index (κ2) is 26.3. The highest BCUT2D eigenvalue weighted by Gasteiger charge is 2.44. The van der Waals surface area contributed by atoms with Crippen molar-refractivity contribution in [1.82, 2.24) is 30.2 Å². The Labute approximate surface area is 395 Å². The number of likely N-dealkylation sites (N-methyl/N-ethyl adjacent to an activating group) is 2. The Hall–Kier alpha value is -5.23. The van der Waals surface area contributed by atoms with Crippen LogP contribution in [0.4, 0.5) is 4.39 Å². The number of hydrogen-bond donors (Lipinski definition) is 3. The molecule has 7 amide bonds. The van der Waals surface area contributed by atoms with Gasteiger partial charge in [0.1, 0.15) is 23.9 Å². The van der Waals surface area contributed by atoms with Gasteiger partial charge in [-0.1, -0.05) is 79.5 Å². The van der Waals surface area contributed by atoms with Crippen LogP contribution in [0.15, 0.2) is 36.4 Å². The van der Waals surface area contributed by atoms with E-state index in [2.05, 4.69) is 10.6 Å². The number of methoxy groups -OCH3 is 2. The average Bonchev–Trinajstić information content (AvgIpc) is 3.90. The Balaban J connectivity index is 1.72. The number of carboxylic acid groups (broad SMARTS) is 1. The van der Waals surface area contributed by atoms with E-state index in [0.717, 1.165) is 4.90 Å². The highest BCUT2D eigenvalue weighted by Crippen LogP contribution is 2.30. The molecule has 2 aliphatic heterocycles. The van der Waals surface area contributed by atoms with E-state index in [9.17, 15) is 47.9 Å². The molecule has 0 radical (unpaired) electrons. The predicted octanol–water partition coefficient (Wildman–Crippen LogP) is 3.97. The molecule has 374 valence electrons. The minimum Gasteiger partial charge on any atom is -0.480 e. The number of rotatable bonds is 27. The first kappa shape index (κ1) is 56.1. The average molecular weight is 943 g/mol. The smallest absolute Gasteiger partial charge is 0.326 e. The molecule has 1 saturated heterocycles. The number of benzene rings is 1. The molecule has 3 rings (SSSR count). The maximum absolute atomic E-state index is 14.6. The largest absolute Gasteiger partial charge is 0.480 e. The van der Waals surface area contributed by atoms with E-state index in [1.54, 1.807) is 36.9 Å². The van der Waals surface area contributed by atoms with Gasteiger partial charge < -0.3 is 39.9 Å². The normalized spacial score (nSPS) is 18.6. The number of carbonyl (C=O) groups is 8. The van der Waals surface area contributed by atoms with Crippen molar-refractivity contribution < 1.29 is 57.3 Å². The first-order chi connectivity index (χ1) is 31.6. The molecule has 1 fully saturated rings. The molecule has 0 aliphatic carbocycles. The van der Waals surface area contributed by atoms with Crippen molar-refractivity contribution in [3.05, 3.63) is 47.8 Å². The van der Waals surface area contributed by atoms with Crippen LogP contribution in [-0.2, 0) is 54.3 Å². The Morgan fingerprint density at radius 1 is 0.866 bits per heavy atom. The number of ether oxygens (including phenoxy) is 2. The van der Waals surface area contributed by atoms with E-state index in [-0.39, 0.29) is 72.8 Å². The lowest BCUT2D eigenvalue weighted by molar-refractivity contribution is -0.149. The number of halogens is 1. The molecule has 2 heterocycles. The van der Waals surface area contributed by atoms with E-state index in [0.29, 0.717) is 45.1 Å². The van der Waals surface area contributed by atoms with Crippen molar-refractivity contribution in [3.8, 4) is 0 Å². The van der Waals surface area contributed by atoms with E-state index >= 15 is 0 Å². The third-order valence-electron chi connectivity index (χ3n) is 13.4. The third-order valence-corrected chi connectivity index (χ3v) is 13.4. The Morgan fingerprint density at radius 3 is 2.06 bits per heavy atom. The van der Waals surface area contributed by atoms with Crippen molar-refractivity contribution in [2.45, 2.75) is 149 Å². The lowest BCUT2D eigenvalue weighted by Crippen LogP contribution is -2.60. The maximum atomic E-state index is 14.6. The second-order valence-corrected chi connectivity index (χ2v) is 18.7. The molecular formula is C49H75FN6O11. The summed E-state index contributed by atoms with van der Waals surface area (Å²) in [7, 11) is 6.11. The molecule has 0 aromatic heterocycles. The van der Waals surface area contributed by atoms with Gasteiger partial charge in [-0.05, 0) is 55.1 Å². The lowest BCUT2D eigenvalue weighted by Gasteiger charge is -2.41. The van der Waals surface area contributed by atoms with Crippen LogP contribution in [0.25, 0.3) is 0 Å².